The third-order valence-electron chi connectivity index (χ3n) is 4.49. The van der Waals surface area contributed by atoms with Crippen molar-refractivity contribution >= 4 is 0 Å². The Labute approximate surface area is 141 Å². The minimum absolute atomic E-state index is 0.192. The highest BCUT2D eigenvalue weighted by atomic mass is 16.5. The van der Waals surface area contributed by atoms with Crippen molar-refractivity contribution in [3.63, 3.8) is 0 Å². The molecule has 0 radical (unpaired) electrons. The Morgan fingerprint density at radius 3 is 2.83 bits per heavy atom. The van der Waals surface area contributed by atoms with Crippen molar-refractivity contribution in [1.29, 1.82) is 0 Å². The summed E-state index contributed by atoms with van der Waals surface area (Å²) in [5.74, 6) is 1.33. The van der Waals surface area contributed by atoms with Crippen LogP contribution in [0.25, 0.3) is 11.4 Å². The molecule has 0 unspecified atom stereocenters. The lowest BCUT2D eigenvalue weighted by molar-refractivity contribution is 0.111. The molecule has 0 aliphatic carbocycles. The normalized spacial score (nSPS) is 18.6. The molecule has 1 saturated heterocycles. The van der Waals surface area contributed by atoms with Gasteiger partial charge in [0.2, 0.25) is 11.7 Å². The summed E-state index contributed by atoms with van der Waals surface area (Å²) >= 11 is 0. The summed E-state index contributed by atoms with van der Waals surface area (Å²) in [5, 5.41) is 4.15. The SMILES string of the molecule is c1ccc(CN2CCCC[C@H]2c2nc(-c3cccnc3)no2)cc1. The van der Waals surface area contributed by atoms with Crippen LogP contribution in [0.15, 0.2) is 59.4 Å². The van der Waals surface area contributed by atoms with Crippen LogP contribution in [0.1, 0.15) is 36.8 Å². The van der Waals surface area contributed by atoms with Gasteiger partial charge in [-0.15, -0.1) is 0 Å². The molecule has 0 bridgehead atoms. The summed E-state index contributed by atoms with van der Waals surface area (Å²) in [4.78, 5) is 11.2. The van der Waals surface area contributed by atoms with Gasteiger partial charge in [-0.1, -0.05) is 41.9 Å². The second-order valence-electron chi connectivity index (χ2n) is 6.17. The molecule has 1 atom stereocenters. The first kappa shape index (κ1) is 15.0. The van der Waals surface area contributed by atoms with Crippen molar-refractivity contribution in [3.05, 3.63) is 66.3 Å². The minimum atomic E-state index is 0.192. The third kappa shape index (κ3) is 3.21. The van der Waals surface area contributed by atoms with Crippen LogP contribution in [0.2, 0.25) is 0 Å². The first-order valence-corrected chi connectivity index (χ1v) is 8.42. The lowest BCUT2D eigenvalue weighted by Crippen LogP contribution is -2.33. The second-order valence-corrected chi connectivity index (χ2v) is 6.17. The summed E-state index contributed by atoms with van der Waals surface area (Å²) in [7, 11) is 0. The largest absolute Gasteiger partial charge is 0.337 e. The molecule has 0 spiro atoms. The molecule has 3 heterocycles. The maximum atomic E-state index is 5.60. The zero-order chi connectivity index (χ0) is 16.2. The van der Waals surface area contributed by atoms with Crippen molar-refractivity contribution in [3.8, 4) is 11.4 Å². The maximum absolute atomic E-state index is 5.60. The standard InChI is InChI=1S/C19H20N4O/c1-2-7-15(8-3-1)14-23-12-5-4-10-17(23)19-21-18(22-24-19)16-9-6-11-20-13-16/h1-3,6-9,11,13,17H,4-5,10,12,14H2/t17-/m0/s1. The van der Waals surface area contributed by atoms with Gasteiger partial charge in [-0.25, -0.2) is 0 Å². The Morgan fingerprint density at radius 2 is 2.00 bits per heavy atom. The Hall–Kier alpha value is -2.53. The van der Waals surface area contributed by atoms with Crippen LogP contribution in [-0.2, 0) is 6.54 Å². The summed E-state index contributed by atoms with van der Waals surface area (Å²) in [6.07, 6.45) is 6.97. The molecule has 0 N–H and O–H groups in total. The van der Waals surface area contributed by atoms with E-state index >= 15 is 0 Å². The maximum Gasteiger partial charge on any atom is 0.244 e. The molecule has 1 aliphatic heterocycles. The van der Waals surface area contributed by atoms with Gasteiger partial charge in [-0.3, -0.25) is 9.88 Å². The topological polar surface area (TPSA) is 55.1 Å². The van der Waals surface area contributed by atoms with Crippen LogP contribution >= 0.6 is 0 Å². The summed E-state index contributed by atoms with van der Waals surface area (Å²) in [6, 6.07) is 14.6. The Kier molecular flexibility index (Phi) is 4.34. The average Bonchev–Trinajstić information content (AvgIpc) is 3.14. The number of benzene rings is 1. The highest BCUT2D eigenvalue weighted by molar-refractivity contribution is 5.51. The molecule has 0 saturated carbocycles. The zero-order valence-electron chi connectivity index (χ0n) is 13.5. The number of rotatable bonds is 4. The van der Waals surface area contributed by atoms with Crippen LogP contribution in [-0.4, -0.2) is 26.6 Å². The van der Waals surface area contributed by atoms with Gasteiger partial charge in [0.1, 0.15) is 0 Å². The van der Waals surface area contributed by atoms with Crippen LogP contribution < -0.4 is 0 Å². The van der Waals surface area contributed by atoms with E-state index in [1.54, 1.807) is 12.4 Å². The number of aromatic nitrogens is 3. The van der Waals surface area contributed by atoms with E-state index in [0.717, 1.165) is 25.1 Å². The number of pyridine rings is 1. The van der Waals surface area contributed by atoms with E-state index in [9.17, 15) is 0 Å². The molecule has 2 aromatic heterocycles. The fraction of sp³-hybridized carbons (Fsp3) is 0.316. The van der Waals surface area contributed by atoms with Gasteiger partial charge in [-0.2, -0.15) is 4.98 Å². The smallest absolute Gasteiger partial charge is 0.244 e. The molecule has 1 aromatic carbocycles. The van der Waals surface area contributed by atoms with E-state index in [1.807, 2.05) is 12.1 Å². The van der Waals surface area contributed by atoms with Gasteiger partial charge in [-0.05, 0) is 37.1 Å². The van der Waals surface area contributed by atoms with Gasteiger partial charge < -0.3 is 4.52 Å². The van der Waals surface area contributed by atoms with Gasteiger partial charge >= 0.3 is 0 Å². The van der Waals surface area contributed by atoms with E-state index in [0.29, 0.717) is 11.7 Å². The van der Waals surface area contributed by atoms with Gasteiger partial charge in [0.25, 0.3) is 0 Å². The highest BCUT2D eigenvalue weighted by Gasteiger charge is 2.28. The first-order valence-electron chi connectivity index (χ1n) is 8.42. The lowest BCUT2D eigenvalue weighted by Gasteiger charge is -2.33. The van der Waals surface area contributed by atoms with Gasteiger partial charge in [0, 0.05) is 24.5 Å². The van der Waals surface area contributed by atoms with E-state index in [2.05, 4.69) is 50.4 Å². The number of likely N-dealkylation sites (tertiary alicyclic amines) is 1. The van der Waals surface area contributed by atoms with E-state index in [1.165, 1.54) is 18.4 Å². The van der Waals surface area contributed by atoms with Crippen molar-refractivity contribution in [2.75, 3.05) is 6.54 Å². The Bertz CT molecular complexity index is 772. The molecule has 5 nitrogen and oxygen atoms in total. The molecule has 5 heteroatoms. The quantitative estimate of drug-likeness (QED) is 0.730. The summed E-state index contributed by atoms with van der Waals surface area (Å²) in [5.41, 5.74) is 2.20. The Balaban J connectivity index is 1.56. The summed E-state index contributed by atoms with van der Waals surface area (Å²) < 4.78 is 5.60. The van der Waals surface area contributed by atoms with Crippen LogP contribution in [0.4, 0.5) is 0 Å². The molecule has 0 amide bonds. The van der Waals surface area contributed by atoms with Crippen LogP contribution in [0, 0.1) is 0 Å². The predicted octanol–water partition coefficient (Wildman–Crippen LogP) is 3.86. The lowest BCUT2D eigenvalue weighted by atomic mass is 10.0. The molecule has 4 rings (SSSR count). The molecule has 1 fully saturated rings. The second kappa shape index (κ2) is 6.93. The molecule has 3 aromatic rings. The van der Waals surface area contributed by atoms with Gasteiger partial charge in [0.05, 0.1) is 6.04 Å². The van der Waals surface area contributed by atoms with Gasteiger partial charge in [0.15, 0.2) is 0 Å². The zero-order valence-corrected chi connectivity index (χ0v) is 13.5. The fourth-order valence-corrected chi connectivity index (χ4v) is 3.26. The third-order valence-corrected chi connectivity index (χ3v) is 4.49. The van der Waals surface area contributed by atoms with Crippen molar-refractivity contribution in [2.45, 2.75) is 31.8 Å². The number of nitrogens with zero attached hydrogens (tertiary/aromatic N) is 4. The highest BCUT2D eigenvalue weighted by Crippen LogP contribution is 2.32. The van der Waals surface area contributed by atoms with Crippen LogP contribution in [0.5, 0.6) is 0 Å². The van der Waals surface area contributed by atoms with E-state index in [-0.39, 0.29) is 6.04 Å². The number of hydrogen-bond donors (Lipinski definition) is 0. The van der Waals surface area contributed by atoms with E-state index in [4.69, 9.17) is 4.52 Å². The predicted molar refractivity (Wildman–Crippen MR) is 91.0 cm³/mol. The van der Waals surface area contributed by atoms with Crippen molar-refractivity contribution < 1.29 is 4.52 Å². The molecular formula is C19H20N4O. The Morgan fingerprint density at radius 1 is 1.08 bits per heavy atom. The molecule has 122 valence electrons. The van der Waals surface area contributed by atoms with E-state index < -0.39 is 0 Å². The first-order chi connectivity index (χ1) is 11.9. The molecule has 24 heavy (non-hydrogen) atoms. The number of piperidine rings is 1. The minimum Gasteiger partial charge on any atom is -0.337 e. The monoisotopic (exact) mass is 320 g/mol. The summed E-state index contributed by atoms with van der Waals surface area (Å²) in [6.45, 7) is 1.97. The van der Waals surface area contributed by atoms with Crippen LogP contribution in [0.3, 0.4) is 0 Å². The van der Waals surface area contributed by atoms with Crippen molar-refractivity contribution in [1.82, 2.24) is 20.0 Å². The molecular weight excluding hydrogens is 300 g/mol. The molecule has 1 aliphatic rings. The average molecular weight is 320 g/mol. The number of hydrogen-bond acceptors (Lipinski definition) is 5. The fourth-order valence-electron chi connectivity index (χ4n) is 3.26. The van der Waals surface area contributed by atoms with Crippen molar-refractivity contribution in [2.24, 2.45) is 0 Å².